The van der Waals surface area contributed by atoms with E-state index < -0.39 is 0 Å². The van der Waals surface area contributed by atoms with E-state index in [4.69, 9.17) is 4.74 Å². The van der Waals surface area contributed by atoms with Gasteiger partial charge in [-0.1, -0.05) is 44.2 Å². The molecule has 0 aromatic heterocycles. The average Bonchev–Trinajstić information content (AvgIpc) is 2.78. The van der Waals surface area contributed by atoms with E-state index in [0.29, 0.717) is 6.04 Å². The van der Waals surface area contributed by atoms with Gasteiger partial charge in [0.2, 0.25) is 0 Å². The predicted molar refractivity (Wildman–Crippen MR) is 87.8 cm³/mol. The Bertz CT molecular complexity index is 488. The van der Waals surface area contributed by atoms with Gasteiger partial charge in [-0.2, -0.15) is 0 Å². The number of benzene rings is 1. The molecular formula is C19H29NO. The Morgan fingerprint density at radius 1 is 1.24 bits per heavy atom. The van der Waals surface area contributed by atoms with E-state index in [1.54, 1.807) is 0 Å². The summed E-state index contributed by atoms with van der Waals surface area (Å²) in [5.41, 5.74) is 2.77. The second kappa shape index (κ2) is 6.00. The number of nitrogens with one attached hydrogen (secondary N) is 1. The molecule has 0 amide bonds. The molecule has 2 heteroatoms. The molecule has 0 saturated heterocycles. The van der Waals surface area contributed by atoms with Gasteiger partial charge in [-0.25, -0.2) is 0 Å². The number of hydrogen-bond acceptors (Lipinski definition) is 2. The molecule has 1 aromatic carbocycles. The molecule has 1 heterocycles. The monoisotopic (exact) mass is 287 g/mol. The minimum absolute atomic E-state index is 0.0422. The van der Waals surface area contributed by atoms with E-state index in [1.807, 2.05) is 0 Å². The fourth-order valence-corrected chi connectivity index (χ4v) is 4.02. The van der Waals surface area contributed by atoms with Crippen LogP contribution in [0.5, 0.6) is 5.75 Å². The van der Waals surface area contributed by atoms with Gasteiger partial charge in [0, 0.05) is 12.5 Å². The third kappa shape index (κ3) is 3.42. The van der Waals surface area contributed by atoms with Crippen LogP contribution in [0, 0.1) is 5.92 Å². The molecule has 1 saturated carbocycles. The quantitative estimate of drug-likeness (QED) is 0.871. The van der Waals surface area contributed by atoms with Crippen molar-refractivity contribution in [3.8, 4) is 5.75 Å². The summed E-state index contributed by atoms with van der Waals surface area (Å²) in [4.78, 5) is 0. The van der Waals surface area contributed by atoms with Crippen LogP contribution >= 0.6 is 0 Å². The molecule has 1 aromatic rings. The van der Waals surface area contributed by atoms with Crippen molar-refractivity contribution in [1.82, 2.24) is 5.32 Å². The first kappa shape index (κ1) is 14.9. The standard InChI is InChI=1S/C19H29NO/c1-19(2)13-16-12-15(9-10-18(16)21-19)17(20-3)11-14-7-5-4-6-8-14/h9-10,12,14,17,20H,4-8,11,13H2,1-3H3. The summed E-state index contributed by atoms with van der Waals surface area (Å²) in [5, 5.41) is 3.54. The zero-order valence-electron chi connectivity index (χ0n) is 13.7. The first-order valence-corrected chi connectivity index (χ1v) is 8.56. The van der Waals surface area contributed by atoms with Crippen molar-refractivity contribution < 1.29 is 4.74 Å². The minimum atomic E-state index is -0.0422. The van der Waals surface area contributed by atoms with Crippen LogP contribution in [0.25, 0.3) is 0 Å². The van der Waals surface area contributed by atoms with Crippen LogP contribution in [-0.4, -0.2) is 12.6 Å². The lowest BCUT2D eigenvalue weighted by atomic mass is 9.83. The van der Waals surface area contributed by atoms with E-state index in [-0.39, 0.29) is 5.60 Å². The molecule has 1 unspecified atom stereocenters. The normalized spacial score (nSPS) is 22.6. The molecule has 2 nitrogen and oxygen atoms in total. The molecule has 21 heavy (non-hydrogen) atoms. The van der Waals surface area contributed by atoms with Gasteiger partial charge in [-0.3, -0.25) is 0 Å². The first-order valence-electron chi connectivity index (χ1n) is 8.56. The van der Waals surface area contributed by atoms with Crippen LogP contribution < -0.4 is 10.1 Å². The summed E-state index contributed by atoms with van der Waals surface area (Å²) in [6, 6.07) is 7.28. The zero-order chi connectivity index (χ0) is 14.9. The van der Waals surface area contributed by atoms with Crippen LogP contribution in [-0.2, 0) is 6.42 Å². The van der Waals surface area contributed by atoms with E-state index in [9.17, 15) is 0 Å². The van der Waals surface area contributed by atoms with Gasteiger partial charge in [-0.05, 0) is 50.4 Å². The average molecular weight is 287 g/mol. The maximum atomic E-state index is 5.99. The number of hydrogen-bond donors (Lipinski definition) is 1. The summed E-state index contributed by atoms with van der Waals surface area (Å²) in [7, 11) is 2.10. The number of ether oxygens (including phenoxy) is 1. The maximum absolute atomic E-state index is 5.99. The molecule has 116 valence electrons. The lowest BCUT2D eigenvalue weighted by molar-refractivity contribution is 0.138. The third-order valence-corrected chi connectivity index (χ3v) is 5.13. The van der Waals surface area contributed by atoms with Crippen molar-refractivity contribution in [2.24, 2.45) is 5.92 Å². The zero-order valence-corrected chi connectivity index (χ0v) is 13.7. The van der Waals surface area contributed by atoms with Gasteiger partial charge in [0.15, 0.2) is 0 Å². The first-order chi connectivity index (χ1) is 10.1. The third-order valence-electron chi connectivity index (χ3n) is 5.13. The van der Waals surface area contributed by atoms with Gasteiger partial charge in [-0.15, -0.1) is 0 Å². The molecule has 3 rings (SSSR count). The molecule has 2 aliphatic rings. The molecule has 0 spiro atoms. The van der Waals surface area contributed by atoms with E-state index in [2.05, 4.69) is 44.4 Å². The highest BCUT2D eigenvalue weighted by Gasteiger charge is 2.30. The van der Waals surface area contributed by atoms with Crippen LogP contribution in [0.3, 0.4) is 0 Å². The SMILES string of the molecule is CNC(CC1CCCCC1)c1ccc2c(c1)CC(C)(C)O2. The van der Waals surface area contributed by atoms with Crippen LogP contribution in [0.4, 0.5) is 0 Å². The Balaban J connectivity index is 1.73. The lowest BCUT2D eigenvalue weighted by Gasteiger charge is -2.26. The van der Waals surface area contributed by atoms with Crippen molar-refractivity contribution in [2.75, 3.05) is 7.05 Å². The van der Waals surface area contributed by atoms with Gasteiger partial charge in [0.1, 0.15) is 11.4 Å². The fourth-order valence-electron chi connectivity index (χ4n) is 4.02. The highest BCUT2D eigenvalue weighted by atomic mass is 16.5. The summed E-state index contributed by atoms with van der Waals surface area (Å²) in [6.45, 7) is 4.34. The van der Waals surface area contributed by atoms with Crippen LogP contribution in [0.15, 0.2) is 18.2 Å². The Morgan fingerprint density at radius 3 is 2.71 bits per heavy atom. The molecule has 1 atom stereocenters. The predicted octanol–water partition coefficient (Wildman–Crippen LogP) is 4.63. The fraction of sp³-hybridized carbons (Fsp3) is 0.684. The largest absolute Gasteiger partial charge is 0.487 e. The van der Waals surface area contributed by atoms with Crippen molar-refractivity contribution in [3.05, 3.63) is 29.3 Å². The number of fused-ring (bicyclic) bond motifs is 1. The van der Waals surface area contributed by atoms with E-state index >= 15 is 0 Å². The number of rotatable bonds is 4. The summed E-state index contributed by atoms with van der Waals surface area (Å²) < 4.78 is 5.99. The smallest absolute Gasteiger partial charge is 0.123 e. The van der Waals surface area contributed by atoms with E-state index in [0.717, 1.165) is 18.1 Å². The molecule has 1 aliphatic heterocycles. The molecular weight excluding hydrogens is 258 g/mol. The highest BCUT2D eigenvalue weighted by molar-refractivity contribution is 5.42. The van der Waals surface area contributed by atoms with Crippen molar-refractivity contribution >= 4 is 0 Å². The summed E-state index contributed by atoms with van der Waals surface area (Å²) >= 11 is 0. The van der Waals surface area contributed by atoms with Crippen molar-refractivity contribution in [3.63, 3.8) is 0 Å². The van der Waals surface area contributed by atoms with Crippen LogP contribution in [0.1, 0.15) is 69.5 Å². The van der Waals surface area contributed by atoms with Crippen LogP contribution in [0.2, 0.25) is 0 Å². The lowest BCUT2D eigenvalue weighted by Crippen LogP contribution is -2.24. The minimum Gasteiger partial charge on any atom is -0.487 e. The van der Waals surface area contributed by atoms with Gasteiger partial charge in [0.05, 0.1) is 0 Å². The Hall–Kier alpha value is -1.02. The van der Waals surface area contributed by atoms with Crippen molar-refractivity contribution in [1.29, 1.82) is 0 Å². The second-order valence-corrected chi connectivity index (χ2v) is 7.49. The Kier molecular flexibility index (Phi) is 4.26. The molecule has 1 N–H and O–H groups in total. The van der Waals surface area contributed by atoms with E-state index in [1.165, 1.54) is 49.7 Å². The molecule has 1 fully saturated rings. The topological polar surface area (TPSA) is 21.3 Å². The summed E-state index contributed by atoms with van der Waals surface area (Å²) in [6.07, 6.45) is 9.42. The Labute approximate surface area is 129 Å². The van der Waals surface area contributed by atoms with Crippen molar-refractivity contribution in [2.45, 2.75) is 70.4 Å². The van der Waals surface area contributed by atoms with Gasteiger partial charge in [0.25, 0.3) is 0 Å². The highest BCUT2D eigenvalue weighted by Crippen LogP contribution is 2.38. The molecule has 0 radical (unpaired) electrons. The van der Waals surface area contributed by atoms with Gasteiger partial charge >= 0.3 is 0 Å². The second-order valence-electron chi connectivity index (χ2n) is 7.49. The van der Waals surface area contributed by atoms with Gasteiger partial charge < -0.3 is 10.1 Å². The molecule has 1 aliphatic carbocycles. The summed E-state index contributed by atoms with van der Waals surface area (Å²) in [5.74, 6) is 1.98. The maximum Gasteiger partial charge on any atom is 0.123 e. The Morgan fingerprint density at radius 2 is 2.00 bits per heavy atom. The molecule has 0 bridgehead atoms.